The zero-order chi connectivity index (χ0) is 20.2. The van der Waals surface area contributed by atoms with Crippen molar-refractivity contribution >= 4 is 28.4 Å². The van der Waals surface area contributed by atoms with E-state index in [0.29, 0.717) is 22.9 Å². The fourth-order valence-corrected chi connectivity index (χ4v) is 3.01. The molecule has 0 atom stereocenters. The summed E-state index contributed by atoms with van der Waals surface area (Å²) < 4.78 is 6.01. The Morgan fingerprint density at radius 2 is 1.83 bits per heavy atom. The third-order valence-corrected chi connectivity index (χ3v) is 4.57. The van der Waals surface area contributed by atoms with E-state index in [1.165, 1.54) is 5.56 Å². The zero-order valence-corrected chi connectivity index (χ0v) is 16.3. The lowest BCUT2D eigenvalue weighted by atomic mass is 10.0. The Labute approximate surface area is 168 Å². The third kappa shape index (κ3) is 4.24. The number of nitrogens with one attached hydrogen (secondary N) is 1. The summed E-state index contributed by atoms with van der Waals surface area (Å²) >= 11 is 0. The highest BCUT2D eigenvalue weighted by molar-refractivity contribution is 6.04. The first kappa shape index (κ1) is 18.6. The highest BCUT2D eigenvalue weighted by atomic mass is 16.3. The van der Waals surface area contributed by atoms with E-state index in [1.54, 1.807) is 24.4 Å². The number of aromatic nitrogens is 1. The van der Waals surface area contributed by atoms with Gasteiger partial charge in [0.25, 0.3) is 5.91 Å². The van der Waals surface area contributed by atoms with Crippen molar-refractivity contribution in [3.63, 3.8) is 0 Å². The molecule has 4 rings (SSSR count). The lowest BCUT2D eigenvalue weighted by molar-refractivity contribution is 0.102. The third-order valence-electron chi connectivity index (χ3n) is 4.57. The lowest BCUT2D eigenvalue weighted by Crippen LogP contribution is -2.22. The fraction of sp³-hybridized carbons (Fsp3) is 0.125. The summed E-state index contributed by atoms with van der Waals surface area (Å²) in [4.78, 5) is 21.8. The maximum atomic E-state index is 13.0. The van der Waals surface area contributed by atoms with Crippen molar-refractivity contribution in [3.05, 3.63) is 95.7 Å². The van der Waals surface area contributed by atoms with E-state index in [0.717, 1.165) is 11.1 Å². The van der Waals surface area contributed by atoms with Crippen LogP contribution in [0.3, 0.4) is 0 Å². The molecule has 29 heavy (non-hydrogen) atoms. The Hall–Kier alpha value is -3.73. The first-order valence-corrected chi connectivity index (χ1v) is 9.50. The number of benzene rings is 2. The number of rotatable bonds is 4. The van der Waals surface area contributed by atoms with Crippen LogP contribution >= 0.6 is 0 Å². The number of carbonyl (C=O) groups is 1. The van der Waals surface area contributed by atoms with Crippen LogP contribution in [0.15, 0.2) is 88.4 Å². The molecule has 0 aliphatic carbocycles. The maximum Gasteiger partial charge on any atom is 0.262 e. The van der Waals surface area contributed by atoms with Gasteiger partial charge in [-0.05, 0) is 47.9 Å². The molecule has 0 saturated carbocycles. The van der Waals surface area contributed by atoms with Crippen LogP contribution in [0.25, 0.3) is 11.0 Å². The van der Waals surface area contributed by atoms with Gasteiger partial charge >= 0.3 is 0 Å². The van der Waals surface area contributed by atoms with Crippen molar-refractivity contribution in [3.8, 4) is 0 Å². The molecule has 5 heteroatoms. The standard InChI is InChI=1S/C24H21N3O2/c1-16(2)17-9-7-10-19(14-17)26-24-20(15-18-8-3-4-11-21(18)29-24)23(28)27-22-12-5-6-13-25-22/h3-16H,1-2H3,(H,25,27,28). The second-order valence-electron chi connectivity index (χ2n) is 7.03. The molecule has 0 spiro atoms. The molecule has 0 saturated heterocycles. The molecule has 0 radical (unpaired) electrons. The molecular weight excluding hydrogens is 362 g/mol. The summed E-state index contributed by atoms with van der Waals surface area (Å²) in [6.07, 6.45) is 1.63. The Bertz CT molecular complexity index is 1230. The quantitative estimate of drug-likeness (QED) is 0.510. The van der Waals surface area contributed by atoms with Crippen LogP contribution in [0.4, 0.5) is 11.5 Å². The van der Waals surface area contributed by atoms with Crippen LogP contribution in [0, 0.1) is 0 Å². The number of anilines is 1. The number of amides is 1. The molecule has 1 N–H and O–H groups in total. The topological polar surface area (TPSA) is 67.5 Å². The monoisotopic (exact) mass is 383 g/mol. The van der Waals surface area contributed by atoms with Gasteiger partial charge < -0.3 is 9.73 Å². The molecule has 144 valence electrons. The van der Waals surface area contributed by atoms with Crippen molar-refractivity contribution < 1.29 is 9.21 Å². The van der Waals surface area contributed by atoms with Gasteiger partial charge in [-0.1, -0.05) is 50.2 Å². The average molecular weight is 383 g/mol. The SMILES string of the molecule is CC(C)c1cccc(N=c2oc3ccccc3cc2C(=O)Nc2ccccn2)c1. The minimum Gasteiger partial charge on any atom is -0.438 e. The van der Waals surface area contributed by atoms with Crippen LogP contribution in [-0.4, -0.2) is 10.9 Å². The van der Waals surface area contributed by atoms with E-state index >= 15 is 0 Å². The number of hydrogen-bond donors (Lipinski definition) is 1. The predicted molar refractivity (Wildman–Crippen MR) is 114 cm³/mol. The predicted octanol–water partition coefficient (Wildman–Crippen LogP) is 5.44. The van der Waals surface area contributed by atoms with Gasteiger partial charge in [-0.25, -0.2) is 9.98 Å². The van der Waals surface area contributed by atoms with Gasteiger partial charge in [0.2, 0.25) is 5.55 Å². The number of hydrogen-bond acceptors (Lipinski definition) is 4. The minimum absolute atomic E-state index is 0.262. The molecule has 0 aliphatic rings. The molecule has 2 heterocycles. The van der Waals surface area contributed by atoms with E-state index in [9.17, 15) is 4.79 Å². The first-order valence-electron chi connectivity index (χ1n) is 9.50. The van der Waals surface area contributed by atoms with Crippen LogP contribution < -0.4 is 10.9 Å². The van der Waals surface area contributed by atoms with E-state index in [2.05, 4.69) is 35.2 Å². The van der Waals surface area contributed by atoms with Crippen molar-refractivity contribution in [1.82, 2.24) is 4.98 Å². The van der Waals surface area contributed by atoms with E-state index in [1.807, 2.05) is 48.5 Å². The Balaban J connectivity index is 1.84. The second-order valence-corrected chi connectivity index (χ2v) is 7.03. The van der Waals surface area contributed by atoms with E-state index in [-0.39, 0.29) is 11.5 Å². The molecule has 0 fully saturated rings. The number of pyridine rings is 1. The van der Waals surface area contributed by atoms with Gasteiger partial charge in [0.05, 0.1) is 5.69 Å². The largest absolute Gasteiger partial charge is 0.438 e. The summed E-state index contributed by atoms with van der Waals surface area (Å²) in [6, 6.07) is 22.6. The van der Waals surface area contributed by atoms with Gasteiger partial charge in [-0.2, -0.15) is 0 Å². The molecule has 0 aliphatic heterocycles. The normalized spacial score (nSPS) is 11.8. The van der Waals surface area contributed by atoms with Gasteiger partial charge in [0.15, 0.2) is 0 Å². The summed E-state index contributed by atoms with van der Waals surface area (Å²) in [7, 11) is 0. The molecule has 0 bridgehead atoms. The Kier molecular flexibility index (Phi) is 5.20. The van der Waals surface area contributed by atoms with Crippen molar-refractivity contribution in [2.24, 2.45) is 4.99 Å². The van der Waals surface area contributed by atoms with Crippen molar-refractivity contribution in [1.29, 1.82) is 0 Å². The highest BCUT2D eigenvalue weighted by Crippen LogP contribution is 2.21. The average Bonchev–Trinajstić information content (AvgIpc) is 2.74. The van der Waals surface area contributed by atoms with Crippen LogP contribution in [0.1, 0.15) is 35.7 Å². The zero-order valence-electron chi connectivity index (χ0n) is 16.3. The minimum atomic E-state index is -0.322. The van der Waals surface area contributed by atoms with E-state index < -0.39 is 0 Å². The smallest absolute Gasteiger partial charge is 0.262 e. The number of nitrogens with zero attached hydrogens (tertiary/aromatic N) is 2. The summed E-state index contributed by atoms with van der Waals surface area (Å²) in [6.45, 7) is 4.26. The van der Waals surface area contributed by atoms with Gasteiger partial charge in [0, 0.05) is 11.6 Å². The van der Waals surface area contributed by atoms with Crippen LogP contribution in [0.5, 0.6) is 0 Å². The Morgan fingerprint density at radius 3 is 2.62 bits per heavy atom. The summed E-state index contributed by atoms with van der Waals surface area (Å²) in [5.74, 6) is 0.529. The first-order chi connectivity index (χ1) is 14.1. The van der Waals surface area contributed by atoms with Crippen LogP contribution in [-0.2, 0) is 0 Å². The number of fused-ring (bicyclic) bond motifs is 1. The molecule has 1 amide bonds. The van der Waals surface area contributed by atoms with Gasteiger partial charge in [-0.15, -0.1) is 0 Å². The number of carbonyl (C=O) groups excluding carboxylic acids is 1. The van der Waals surface area contributed by atoms with Crippen molar-refractivity contribution in [2.75, 3.05) is 5.32 Å². The molecular formula is C24H21N3O2. The summed E-state index contributed by atoms with van der Waals surface area (Å²) in [5, 5.41) is 3.64. The van der Waals surface area contributed by atoms with Crippen LogP contribution in [0.2, 0.25) is 0 Å². The highest BCUT2D eigenvalue weighted by Gasteiger charge is 2.13. The lowest BCUT2D eigenvalue weighted by Gasteiger charge is -2.07. The van der Waals surface area contributed by atoms with Gasteiger partial charge in [0.1, 0.15) is 17.0 Å². The fourth-order valence-electron chi connectivity index (χ4n) is 3.01. The number of para-hydroxylation sites is 1. The second kappa shape index (κ2) is 8.10. The van der Waals surface area contributed by atoms with E-state index in [4.69, 9.17) is 4.42 Å². The molecule has 4 aromatic rings. The molecule has 2 aromatic carbocycles. The Morgan fingerprint density at radius 1 is 1.00 bits per heavy atom. The molecule has 0 unspecified atom stereocenters. The van der Waals surface area contributed by atoms with Crippen molar-refractivity contribution in [2.45, 2.75) is 19.8 Å². The molecule has 5 nitrogen and oxygen atoms in total. The van der Waals surface area contributed by atoms with Gasteiger partial charge in [-0.3, -0.25) is 4.79 Å². The molecule has 2 aromatic heterocycles. The summed E-state index contributed by atoms with van der Waals surface area (Å²) in [5.41, 5.74) is 3.19. The maximum absolute atomic E-state index is 13.0.